The lowest BCUT2D eigenvalue weighted by Crippen LogP contribution is -2.32. The largest absolute Gasteiger partial charge is 0.481 e. The number of nitriles is 1. The van der Waals surface area contributed by atoms with Crippen LogP contribution in [0.15, 0.2) is 6.07 Å². The lowest BCUT2D eigenvalue weighted by molar-refractivity contribution is 0.373. The summed E-state index contributed by atoms with van der Waals surface area (Å²) < 4.78 is 32.3. The highest BCUT2D eigenvalue weighted by Crippen LogP contribution is 2.11. The second-order valence-electron chi connectivity index (χ2n) is 3.69. The molecule has 1 rings (SSSR count). The average molecular weight is 272 g/mol. The third kappa shape index (κ3) is 3.21. The van der Waals surface area contributed by atoms with Crippen molar-refractivity contribution in [1.29, 1.82) is 5.26 Å². The first-order valence-corrected chi connectivity index (χ1v) is 6.94. The highest BCUT2D eigenvalue weighted by atomic mass is 32.2. The molecule has 1 atom stereocenters. The number of hydrogen-bond donors (Lipinski definition) is 1. The maximum absolute atomic E-state index is 11.7. The smallest absolute Gasteiger partial charge is 0.228 e. The number of aryl methyl sites for hydroxylation is 1. The fourth-order valence-electron chi connectivity index (χ4n) is 1.44. The summed E-state index contributed by atoms with van der Waals surface area (Å²) in [5.41, 5.74) is 0.533. The first-order valence-electron chi connectivity index (χ1n) is 5.39. The van der Waals surface area contributed by atoms with Crippen LogP contribution >= 0.6 is 0 Å². The van der Waals surface area contributed by atoms with Crippen molar-refractivity contribution in [2.45, 2.75) is 25.1 Å². The molecule has 0 aliphatic rings. The van der Waals surface area contributed by atoms with Crippen LogP contribution in [0.1, 0.15) is 19.0 Å². The van der Waals surface area contributed by atoms with E-state index in [1.807, 2.05) is 0 Å². The Kier molecular flexibility index (Phi) is 4.69. The quantitative estimate of drug-likeness (QED) is 0.795. The summed E-state index contributed by atoms with van der Waals surface area (Å²) in [5, 5.41) is 11.8. The van der Waals surface area contributed by atoms with E-state index in [4.69, 9.17) is 10.00 Å². The molecule has 0 fully saturated rings. The van der Waals surface area contributed by atoms with E-state index in [0.29, 0.717) is 11.6 Å². The number of ether oxygens (including phenoxy) is 1. The summed E-state index contributed by atoms with van der Waals surface area (Å²) in [7, 11) is -0.429. The van der Waals surface area contributed by atoms with Gasteiger partial charge >= 0.3 is 0 Å². The van der Waals surface area contributed by atoms with Gasteiger partial charge in [-0.15, -0.1) is 0 Å². The summed E-state index contributed by atoms with van der Waals surface area (Å²) in [5.74, 6) is 0.538. The molecule has 7 nitrogen and oxygen atoms in total. The predicted molar refractivity (Wildman–Crippen MR) is 65.2 cm³/mol. The molecule has 0 aromatic carbocycles. The molecule has 1 unspecified atom stereocenters. The van der Waals surface area contributed by atoms with Crippen molar-refractivity contribution < 1.29 is 13.2 Å². The van der Waals surface area contributed by atoms with Crippen LogP contribution in [-0.4, -0.2) is 30.6 Å². The first-order chi connectivity index (χ1) is 8.44. The minimum absolute atomic E-state index is 0.0394. The minimum Gasteiger partial charge on any atom is -0.481 e. The summed E-state index contributed by atoms with van der Waals surface area (Å²) in [4.78, 5) is 0. The van der Waals surface area contributed by atoms with Crippen LogP contribution < -0.4 is 9.46 Å². The molecule has 0 aliphatic heterocycles. The zero-order valence-corrected chi connectivity index (χ0v) is 11.4. The van der Waals surface area contributed by atoms with Gasteiger partial charge in [-0.3, -0.25) is 0 Å². The monoisotopic (exact) mass is 272 g/mol. The Morgan fingerprint density at radius 2 is 2.33 bits per heavy atom. The summed E-state index contributed by atoms with van der Waals surface area (Å²) >= 11 is 0. The molecule has 0 bridgehead atoms. The normalized spacial score (nSPS) is 13.0. The molecule has 0 amide bonds. The zero-order chi connectivity index (χ0) is 13.8. The molecule has 0 saturated carbocycles. The minimum atomic E-state index is -3.63. The van der Waals surface area contributed by atoms with Crippen molar-refractivity contribution in [3.63, 3.8) is 0 Å². The molecule has 100 valence electrons. The van der Waals surface area contributed by atoms with Crippen LogP contribution in [-0.2, 0) is 23.6 Å². The number of methoxy groups -OCH3 is 1. The molecule has 0 spiro atoms. The van der Waals surface area contributed by atoms with Crippen molar-refractivity contribution in [1.82, 2.24) is 14.5 Å². The molecule has 1 aromatic heterocycles. The second-order valence-corrected chi connectivity index (χ2v) is 5.64. The molecule has 1 N–H and O–H groups in total. The van der Waals surface area contributed by atoms with Crippen LogP contribution in [0, 0.1) is 11.3 Å². The summed E-state index contributed by atoms with van der Waals surface area (Å²) in [6.07, 6.45) is 0.247. The lowest BCUT2D eigenvalue weighted by Gasteiger charge is -2.08. The average Bonchev–Trinajstić information content (AvgIpc) is 2.68. The number of nitrogens with one attached hydrogen (secondary N) is 1. The van der Waals surface area contributed by atoms with E-state index < -0.39 is 15.3 Å². The van der Waals surface area contributed by atoms with Crippen molar-refractivity contribution in [3.8, 4) is 11.9 Å². The Labute approximate surface area is 106 Å². The molecule has 0 aliphatic carbocycles. The fourth-order valence-corrected chi connectivity index (χ4v) is 2.57. The lowest BCUT2D eigenvalue weighted by atomic mass is 10.4. The third-order valence-electron chi connectivity index (χ3n) is 2.44. The van der Waals surface area contributed by atoms with E-state index >= 15 is 0 Å². The van der Waals surface area contributed by atoms with Crippen LogP contribution in [0.2, 0.25) is 0 Å². The van der Waals surface area contributed by atoms with Gasteiger partial charge in [-0.05, 0) is 6.42 Å². The van der Waals surface area contributed by atoms with Gasteiger partial charge in [-0.2, -0.15) is 10.4 Å². The number of nitrogens with zero attached hydrogens (tertiary/aromatic N) is 3. The third-order valence-corrected chi connectivity index (χ3v) is 4.18. The molecular formula is C10H16N4O3S. The Hall–Kier alpha value is -1.59. The van der Waals surface area contributed by atoms with E-state index in [9.17, 15) is 8.42 Å². The van der Waals surface area contributed by atoms with Gasteiger partial charge in [0.15, 0.2) is 5.25 Å². The SMILES string of the molecule is CCC(C#N)S(=O)(=O)NCc1cc(OC)n(C)n1. The molecule has 1 heterocycles. The Bertz CT molecular complexity index is 544. The Morgan fingerprint density at radius 1 is 1.67 bits per heavy atom. The van der Waals surface area contributed by atoms with Gasteiger partial charge in [0, 0.05) is 13.1 Å². The van der Waals surface area contributed by atoms with Gasteiger partial charge in [-0.1, -0.05) is 6.92 Å². The maximum atomic E-state index is 11.7. The van der Waals surface area contributed by atoms with Crippen molar-refractivity contribution >= 4 is 10.0 Å². The Balaban J connectivity index is 2.73. The summed E-state index contributed by atoms with van der Waals surface area (Å²) in [6, 6.07) is 3.39. The molecule has 1 aromatic rings. The highest BCUT2D eigenvalue weighted by molar-refractivity contribution is 7.90. The highest BCUT2D eigenvalue weighted by Gasteiger charge is 2.23. The predicted octanol–water partition coefficient (Wildman–Crippen LogP) is 0.150. The number of sulfonamides is 1. The van der Waals surface area contributed by atoms with Gasteiger partial charge < -0.3 is 4.74 Å². The van der Waals surface area contributed by atoms with Crippen LogP contribution in [0.4, 0.5) is 0 Å². The van der Waals surface area contributed by atoms with Gasteiger partial charge in [-0.25, -0.2) is 17.8 Å². The van der Waals surface area contributed by atoms with Crippen molar-refractivity contribution in [2.75, 3.05) is 7.11 Å². The molecule has 0 radical (unpaired) electrons. The van der Waals surface area contributed by atoms with Crippen molar-refractivity contribution in [2.24, 2.45) is 7.05 Å². The molecule has 18 heavy (non-hydrogen) atoms. The Morgan fingerprint density at radius 3 is 2.78 bits per heavy atom. The van der Waals surface area contributed by atoms with Gasteiger partial charge in [0.2, 0.25) is 15.9 Å². The van der Waals surface area contributed by atoms with Crippen LogP contribution in [0.3, 0.4) is 0 Å². The van der Waals surface area contributed by atoms with Gasteiger partial charge in [0.05, 0.1) is 25.4 Å². The molecular weight excluding hydrogens is 256 g/mol. The number of hydrogen-bond acceptors (Lipinski definition) is 5. The second kappa shape index (κ2) is 5.84. The van der Waals surface area contributed by atoms with E-state index in [2.05, 4.69) is 9.82 Å². The fraction of sp³-hybridized carbons (Fsp3) is 0.600. The van der Waals surface area contributed by atoms with E-state index in [1.165, 1.54) is 11.8 Å². The summed E-state index contributed by atoms with van der Waals surface area (Å²) in [6.45, 7) is 1.69. The van der Waals surface area contributed by atoms with Crippen molar-refractivity contribution in [3.05, 3.63) is 11.8 Å². The first kappa shape index (κ1) is 14.5. The number of aromatic nitrogens is 2. The maximum Gasteiger partial charge on any atom is 0.228 e. The topological polar surface area (TPSA) is 97.0 Å². The van der Waals surface area contributed by atoms with Gasteiger partial charge in [0.1, 0.15) is 0 Å². The number of rotatable bonds is 6. The van der Waals surface area contributed by atoms with E-state index in [-0.39, 0.29) is 13.0 Å². The van der Waals surface area contributed by atoms with E-state index in [1.54, 1.807) is 26.1 Å². The molecule has 0 saturated heterocycles. The zero-order valence-electron chi connectivity index (χ0n) is 10.5. The standard InChI is InChI=1S/C10H16N4O3S/c1-4-9(6-11)18(15,16)12-7-8-5-10(17-3)14(2)13-8/h5,9,12H,4,7H2,1-3H3. The van der Waals surface area contributed by atoms with Crippen LogP contribution in [0.5, 0.6) is 5.88 Å². The van der Waals surface area contributed by atoms with E-state index in [0.717, 1.165) is 0 Å². The van der Waals surface area contributed by atoms with Crippen LogP contribution in [0.25, 0.3) is 0 Å². The molecule has 8 heteroatoms. The van der Waals surface area contributed by atoms with Gasteiger partial charge in [0.25, 0.3) is 0 Å².